The van der Waals surface area contributed by atoms with E-state index in [1.165, 1.54) is 22.7 Å². The molecule has 0 atom stereocenters. The number of rotatable bonds is 4. The molecule has 2 aromatic carbocycles. The number of aromatic carboxylic acids is 1. The Bertz CT molecular complexity index is 1210. The highest BCUT2D eigenvalue weighted by Crippen LogP contribution is 2.26. The summed E-state index contributed by atoms with van der Waals surface area (Å²) in [5, 5.41) is 12.4. The van der Waals surface area contributed by atoms with E-state index in [0.29, 0.717) is 23.3 Å². The van der Waals surface area contributed by atoms with Crippen LogP contribution in [0.25, 0.3) is 28.2 Å². The Morgan fingerprint density at radius 3 is 2.52 bits per heavy atom. The van der Waals surface area contributed by atoms with Crippen molar-refractivity contribution < 1.29 is 9.90 Å². The number of carbonyl (C=O) groups is 1. The molecule has 0 unspecified atom stereocenters. The monoisotopic (exact) mass is 359 g/mol. The molecule has 0 saturated carbocycles. The largest absolute Gasteiger partial charge is 0.478 e. The number of hydrogen-bond donors (Lipinski definition) is 2. The van der Waals surface area contributed by atoms with E-state index in [0.717, 1.165) is 16.8 Å². The summed E-state index contributed by atoms with van der Waals surface area (Å²) in [7, 11) is 0. The standard InChI is InChI=1S/C21H17N3O3/c1-2-16-19(13-7-4-3-5-8-13)23-24-18(25)12-17(22-20(16)24)14-9-6-10-15(11-14)21(26)27/h3-12,23H,2H2,1H3,(H,26,27). The number of fused-ring (bicyclic) bond motifs is 1. The molecule has 0 fully saturated rings. The van der Waals surface area contributed by atoms with Crippen molar-refractivity contribution in [2.45, 2.75) is 13.3 Å². The zero-order valence-corrected chi connectivity index (χ0v) is 14.6. The molecule has 4 rings (SSSR count). The molecule has 4 aromatic rings. The number of nitrogens with one attached hydrogen (secondary N) is 1. The van der Waals surface area contributed by atoms with E-state index in [1.54, 1.807) is 12.1 Å². The van der Waals surface area contributed by atoms with Crippen molar-refractivity contribution >= 4 is 11.6 Å². The molecule has 2 N–H and O–H groups in total. The zero-order chi connectivity index (χ0) is 19.0. The number of nitrogens with zero attached hydrogens (tertiary/aromatic N) is 2. The molecule has 2 heterocycles. The fraction of sp³-hybridized carbons (Fsp3) is 0.0952. The molecular formula is C21H17N3O3. The number of aromatic nitrogens is 3. The van der Waals surface area contributed by atoms with E-state index in [9.17, 15) is 14.7 Å². The van der Waals surface area contributed by atoms with Crippen molar-refractivity contribution in [2.24, 2.45) is 0 Å². The minimum atomic E-state index is -1.02. The van der Waals surface area contributed by atoms with Gasteiger partial charge in [0.05, 0.1) is 17.0 Å². The van der Waals surface area contributed by atoms with Crippen LogP contribution in [0.2, 0.25) is 0 Å². The van der Waals surface area contributed by atoms with Gasteiger partial charge in [-0.05, 0) is 24.1 Å². The summed E-state index contributed by atoms with van der Waals surface area (Å²) in [6.07, 6.45) is 0.697. The molecule has 2 aromatic heterocycles. The average Bonchev–Trinajstić information content (AvgIpc) is 3.08. The first-order chi connectivity index (χ1) is 13.1. The second kappa shape index (κ2) is 6.57. The summed E-state index contributed by atoms with van der Waals surface area (Å²) in [6.45, 7) is 2.01. The summed E-state index contributed by atoms with van der Waals surface area (Å²) in [6, 6.07) is 17.6. The van der Waals surface area contributed by atoms with E-state index in [1.807, 2.05) is 37.3 Å². The number of aromatic amines is 1. The molecular weight excluding hydrogens is 342 g/mol. The van der Waals surface area contributed by atoms with Crippen molar-refractivity contribution in [3.8, 4) is 22.5 Å². The first kappa shape index (κ1) is 16.8. The van der Waals surface area contributed by atoms with Crippen molar-refractivity contribution in [1.29, 1.82) is 0 Å². The van der Waals surface area contributed by atoms with Gasteiger partial charge in [-0.1, -0.05) is 49.4 Å². The van der Waals surface area contributed by atoms with Gasteiger partial charge in [-0.2, -0.15) is 0 Å². The molecule has 6 heteroatoms. The highest BCUT2D eigenvalue weighted by molar-refractivity contribution is 5.89. The predicted molar refractivity (Wildman–Crippen MR) is 103 cm³/mol. The van der Waals surface area contributed by atoms with Gasteiger partial charge in [0.1, 0.15) is 0 Å². The molecule has 0 aliphatic carbocycles. The van der Waals surface area contributed by atoms with Crippen LogP contribution in [0.4, 0.5) is 0 Å². The lowest BCUT2D eigenvalue weighted by atomic mass is 10.1. The molecule has 134 valence electrons. The molecule has 0 bridgehead atoms. The Morgan fingerprint density at radius 1 is 1.07 bits per heavy atom. The van der Waals surface area contributed by atoms with E-state index in [2.05, 4.69) is 10.1 Å². The van der Waals surface area contributed by atoms with E-state index in [-0.39, 0.29) is 11.1 Å². The molecule has 0 spiro atoms. The van der Waals surface area contributed by atoms with Crippen molar-refractivity contribution in [3.05, 3.63) is 82.1 Å². The molecule has 0 radical (unpaired) electrons. The van der Waals surface area contributed by atoms with Gasteiger partial charge >= 0.3 is 5.97 Å². The van der Waals surface area contributed by atoms with Crippen molar-refractivity contribution in [1.82, 2.24) is 14.6 Å². The topological polar surface area (TPSA) is 87.5 Å². The van der Waals surface area contributed by atoms with Gasteiger partial charge in [0, 0.05) is 17.2 Å². The molecule has 0 aliphatic rings. The first-order valence-electron chi connectivity index (χ1n) is 8.62. The van der Waals surface area contributed by atoms with Crippen LogP contribution in [0.15, 0.2) is 65.5 Å². The number of benzene rings is 2. The van der Waals surface area contributed by atoms with Gasteiger partial charge in [-0.15, -0.1) is 0 Å². The van der Waals surface area contributed by atoms with Crippen LogP contribution in [-0.2, 0) is 6.42 Å². The Hall–Kier alpha value is -3.67. The number of carboxylic acids is 1. The van der Waals surface area contributed by atoms with E-state index >= 15 is 0 Å². The highest BCUT2D eigenvalue weighted by atomic mass is 16.4. The van der Waals surface area contributed by atoms with Crippen LogP contribution < -0.4 is 5.56 Å². The van der Waals surface area contributed by atoms with Crippen LogP contribution in [-0.4, -0.2) is 25.7 Å². The Kier molecular flexibility index (Phi) is 4.08. The van der Waals surface area contributed by atoms with Gasteiger partial charge in [0.25, 0.3) is 5.56 Å². The SMILES string of the molecule is CCc1c(-c2ccccc2)[nH]n2c(=O)cc(-c3cccc(C(=O)O)c3)nc12. The van der Waals surface area contributed by atoms with E-state index in [4.69, 9.17) is 0 Å². The third-order valence-corrected chi connectivity index (χ3v) is 4.54. The van der Waals surface area contributed by atoms with Crippen LogP contribution in [0, 0.1) is 0 Å². The number of H-pyrrole nitrogens is 1. The minimum Gasteiger partial charge on any atom is -0.478 e. The molecule has 0 aliphatic heterocycles. The van der Waals surface area contributed by atoms with Crippen LogP contribution in [0.5, 0.6) is 0 Å². The molecule has 0 saturated heterocycles. The Labute approximate surface area is 154 Å². The highest BCUT2D eigenvalue weighted by Gasteiger charge is 2.16. The normalized spacial score (nSPS) is 11.0. The maximum absolute atomic E-state index is 12.7. The Morgan fingerprint density at radius 2 is 1.81 bits per heavy atom. The third kappa shape index (κ3) is 2.91. The lowest BCUT2D eigenvalue weighted by Gasteiger charge is -2.04. The fourth-order valence-corrected chi connectivity index (χ4v) is 3.22. The van der Waals surface area contributed by atoms with E-state index < -0.39 is 5.97 Å². The number of carboxylic acid groups (broad SMARTS) is 1. The summed E-state index contributed by atoms with van der Waals surface area (Å²) in [5.41, 5.74) is 4.30. The first-order valence-corrected chi connectivity index (χ1v) is 8.62. The zero-order valence-electron chi connectivity index (χ0n) is 14.6. The summed E-state index contributed by atoms with van der Waals surface area (Å²) < 4.78 is 1.44. The summed E-state index contributed by atoms with van der Waals surface area (Å²) >= 11 is 0. The third-order valence-electron chi connectivity index (χ3n) is 4.54. The predicted octanol–water partition coefficient (Wildman–Crippen LogP) is 3.62. The van der Waals surface area contributed by atoms with Crippen molar-refractivity contribution in [3.63, 3.8) is 0 Å². The van der Waals surface area contributed by atoms with Crippen LogP contribution in [0.1, 0.15) is 22.8 Å². The quantitative estimate of drug-likeness (QED) is 0.583. The average molecular weight is 359 g/mol. The maximum atomic E-state index is 12.7. The van der Waals surface area contributed by atoms with Crippen LogP contribution >= 0.6 is 0 Å². The molecule has 27 heavy (non-hydrogen) atoms. The lowest BCUT2D eigenvalue weighted by Crippen LogP contribution is -2.14. The smallest absolute Gasteiger partial charge is 0.335 e. The summed E-state index contributed by atoms with van der Waals surface area (Å²) in [5.74, 6) is -1.02. The summed E-state index contributed by atoms with van der Waals surface area (Å²) in [4.78, 5) is 28.6. The van der Waals surface area contributed by atoms with Gasteiger partial charge < -0.3 is 5.11 Å². The second-order valence-corrected chi connectivity index (χ2v) is 6.21. The Balaban J connectivity index is 1.95. The lowest BCUT2D eigenvalue weighted by molar-refractivity contribution is 0.0697. The van der Waals surface area contributed by atoms with Gasteiger partial charge in [-0.25, -0.2) is 14.3 Å². The second-order valence-electron chi connectivity index (χ2n) is 6.21. The van der Waals surface area contributed by atoms with Gasteiger partial charge in [0.15, 0.2) is 5.65 Å². The van der Waals surface area contributed by atoms with Gasteiger partial charge in [-0.3, -0.25) is 9.89 Å². The maximum Gasteiger partial charge on any atom is 0.335 e. The number of aryl methyl sites for hydroxylation is 1. The number of hydrogen-bond acceptors (Lipinski definition) is 3. The minimum absolute atomic E-state index is 0.157. The fourth-order valence-electron chi connectivity index (χ4n) is 3.22. The molecule has 6 nitrogen and oxygen atoms in total. The van der Waals surface area contributed by atoms with Gasteiger partial charge in [0.2, 0.25) is 0 Å². The molecule has 0 amide bonds. The van der Waals surface area contributed by atoms with Crippen molar-refractivity contribution in [2.75, 3.05) is 0 Å². The van der Waals surface area contributed by atoms with Crippen LogP contribution in [0.3, 0.4) is 0 Å².